The number of nitrogens with one attached hydrogen (secondary N) is 1. The van der Waals surface area contributed by atoms with Crippen LogP contribution in [0, 0.1) is 0 Å². The van der Waals surface area contributed by atoms with E-state index in [2.05, 4.69) is 9.97 Å². The highest BCUT2D eigenvalue weighted by Crippen LogP contribution is 2.24. The van der Waals surface area contributed by atoms with Crippen LogP contribution in [0.25, 0.3) is 21.8 Å². The summed E-state index contributed by atoms with van der Waals surface area (Å²) in [6.07, 6.45) is -0.0397. The number of methoxy groups -OCH3 is 1. The summed E-state index contributed by atoms with van der Waals surface area (Å²) in [5.74, 6) is 1.32. The van der Waals surface area contributed by atoms with Crippen molar-refractivity contribution in [1.82, 2.24) is 14.9 Å². The number of ether oxygens (including phenoxy) is 2. The predicted molar refractivity (Wildman–Crippen MR) is 107 cm³/mol. The Morgan fingerprint density at radius 3 is 2.75 bits per heavy atom. The monoisotopic (exact) mass is 373 g/mol. The first-order valence-electron chi connectivity index (χ1n) is 9.18. The minimum atomic E-state index is -0.0397. The number of nitrogens with zero attached hydrogens (tertiary/aromatic N) is 2. The molecule has 0 bridgehead atoms. The van der Waals surface area contributed by atoms with Gasteiger partial charge in [0, 0.05) is 28.4 Å². The van der Waals surface area contributed by atoms with Crippen LogP contribution in [0.15, 0.2) is 60.7 Å². The Morgan fingerprint density at radius 2 is 1.89 bits per heavy atom. The van der Waals surface area contributed by atoms with Crippen LogP contribution in [0.1, 0.15) is 10.5 Å². The fourth-order valence-electron chi connectivity index (χ4n) is 3.48. The maximum Gasteiger partial charge on any atom is 0.270 e. The second kappa shape index (κ2) is 6.56. The van der Waals surface area contributed by atoms with E-state index < -0.39 is 0 Å². The van der Waals surface area contributed by atoms with Gasteiger partial charge < -0.3 is 19.4 Å². The number of fused-ring (bicyclic) bond motifs is 2. The highest BCUT2D eigenvalue weighted by atomic mass is 16.5. The number of aromatic nitrogens is 2. The molecule has 0 saturated carbocycles. The highest BCUT2D eigenvalue weighted by molar-refractivity contribution is 5.98. The smallest absolute Gasteiger partial charge is 0.270 e. The zero-order valence-electron chi connectivity index (χ0n) is 15.4. The molecule has 140 valence electrons. The zero-order chi connectivity index (χ0) is 19.1. The van der Waals surface area contributed by atoms with Crippen LogP contribution in [0.3, 0.4) is 0 Å². The minimum Gasteiger partial charge on any atom is -0.497 e. The average Bonchev–Trinajstić information content (AvgIpc) is 3.13. The van der Waals surface area contributed by atoms with Gasteiger partial charge in [0.1, 0.15) is 17.5 Å². The number of carbonyl (C=O) groups excluding carboxylic acids is 1. The Hall–Kier alpha value is -3.54. The number of para-hydroxylation sites is 1. The molecule has 1 aliphatic rings. The van der Waals surface area contributed by atoms with Gasteiger partial charge in [0.05, 0.1) is 25.7 Å². The number of pyridine rings is 1. The summed E-state index contributed by atoms with van der Waals surface area (Å²) in [7, 11) is 1.63. The molecule has 6 nitrogen and oxygen atoms in total. The minimum absolute atomic E-state index is 0.0264. The molecule has 0 unspecified atom stereocenters. The third-order valence-electron chi connectivity index (χ3n) is 5.06. The van der Waals surface area contributed by atoms with Crippen molar-refractivity contribution in [3.63, 3.8) is 0 Å². The van der Waals surface area contributed by atoms with Gasteiger partial charge in [-0.25, -0.2) is 4.98 Å². The van der Waals surface area contributed by atoms with E-state index in [1.165, 1.54) is 0 Å². The molecule has 2 aromatic carbocycles. The molecule has 1 aliphatic heterocycles. The van der Waals surface area contributed by atoms with Gasteiger partial charge in [-0.05, 0) is 30.3 Å². The summed E-state index contributed by atoms with van der Waals surface area (Å²) in [6.45, 7) is 1.10. The van der Waals surface area contributed by atoms with Gasteiger partial charge >= 0.3 is 0 Å². The average molecular weight is 373 g/mol. The lowest BCUT2D eigenvalue weighted by atomic mass is 10.1. The maximum atomic E-state index is 12.7. The molecular formula is C22H19N3O3. The Morgan fingerprint density at radius 1 is 1.07 bits per heavy atom. The first-order chi connectivity index (χ1) is 13.7. The lowest BCUT2D eigenvalue weighted by Gasteiger charge is -2.38. The fraction of sp³-hybridized carbons (Fsp3) is 0.182. The van der Waals surface area contributed by atoms with Gasteiger partial charge in [-0.3, -0.25) is 4.79 Å². The Labute approximate surface area is 161 Å². The second-order valence-electron chi connectivity index (χ2n) is 6.93. The van der Waals surface area contributed by atoms with Crippen molar-refractivity contribution in [2.24, 2.45) is 0 Å². The van der Waals surface area contributed by atoms with Crippen LogP contribution >= 0.6 is 0 Å². The zero-order valence-corrected chi connectivity index (χ0v) is 15.4. The maximum absolute atomic E-state index is 12.7. The number of hydrogen-bond donors (Lipinski definition) is 1. The van der Waals surface area contributed by atoms with E-state index in [4.69, 9.17) is 9.47 Å². The molecule has 1 saturated heterocycles. The van der Waals surface area contributed by atoms with Gasteiger partial charge in [-0.15, -0.1) is 0 Å². The largest absolute Gasteiger partial charge is 0.497 e. The van der Waals surface area contributed by atoms with E-state index in [-0.39, 0.29) is 12.0 Å². The van der Waals surface area contributed by atoms with Gasteiger partial charge in [-0.1, -0.05) is 18.2 Å². The molecule has 1 amide bonds. The summed E-state index contributed by atoms with van der Waals surface area (Å²) < 4.78 is 11.2. The van der Waals surface area contributed by atoms with E-state index in [9.17, 15) is 4.79 Å². The first-order valence-corrected chi connectivity index (χ1v) is 9.18. The van der Waals surface area contributed by atoms with E-state index in [0.717, 1.165) is 27.6 Å². The summed E-state index contributed by atoms with van der Waals surface area (Å²) in [5.41, 5.74) is 2.36. The van der Waals surface area contributed by atoms with Gasteiger partial charge in [0.2, 0.25) is 5.88 Å². The second-order valence-corrected chi connectivity index (χ2v) is 6.93. The van der Waals surface area contributed by atoms with E-state index >= 15 is 0 Å². The van der Waals surface area contributed by atoms with Crippen LogP contribution in [0.2, 0.25) is 0 Å². The summed E-state index contributed by atoms with van der Waals surface area (Å²) in [5, 5.41) is 2.06. The number of amides is 1. The van der Waals surface area contributed by atoms with Crippen molar-refractivity contribution in [2.75, 3.05) is 20.2 Å². The summed E-state index contributed by atoms with van der Waals surface area (Å²) in [6, 6.07) is 19.4. The van der Waals surface area contributed by atoms with Crippen LogP contribution in [0.5, 0.6) is 11.6 Å². The summed E-state index contributed by atoms with van der Waals surface area (Å²) >= 11 is 0. The molecule has 4 aromatic rings. The standard InChI is InChI=1S/C22H19N3O3/c1-27-16-8-6-15-10-20(23-19(15)11-16)22(26)25-12-17(13-25)28-21-9-7-14-4-2-3-5-18(14)24-21/h2-11,17,23H,12-13H2,1H3. The molecule has 3 heterocycles. The topological polar surface area (TPSA) is 67.4 Å². The van der Waals surface area contributed by atoms with Crippen LogP contribution < -0.4 is 9.47 Å². The van der Waals surface area contributed by atoms with Crippen molar-refractivity contribution < 1.29 is 14.3 Å². The van der Waals surface area contributed by atoms with Crippen molar-refractivity contribution in [1.29, 1.82) is 0 Å². The molecule has 1 N–H and O–H groups in total. The number of H-pyrrole nitrogens is 1. The van der Waals surface area contributed by atoms with Crippen molar-refractivity contribution in [3.8, 4) is 11.6 Å². The third-order valence-corrected chi connectivity index (χ3v) is 5.06. The van der Waals surface area contributed by atoms with Gasteiger partial charge in [0.15, 0.2) is 0 Å². The van der Waals surface area contributed by atoms with Crippen molar-refractivity contribution in [2.45, 2.75) is 6.10 Å². The predicted octanol–water partition coefficient (Wildman–Crippen LogP) is 3.63. The fourth-order valence-corrected chi connectivity index (χ4v) is 3.48. The molecule has 28 heavy (non-hydrogen) atoms. The lowest BCUT2D eigenvalue weighted by Crippen LogP contribution is -2.56. The molecule has 0 radical (unpaired) electrons. The molecule has 5 rings (SSSR count). The van der Waals surface area contributed by atoms with Crippen molar-refractivity contribution in [3.05, 3.63) is 66.4 Å². The number of rotatable bonds is 4. The Balaban J connectivity index is 1.25. The van der Waals surface area contributed by atoms with Crippen LogP contribution in [-0.2, 0) is 0 Å². The number of hydrogen-bond acceptors (Lipinski definition) is 4. The van der Waals surface area contributed by atoms with Crippen LogP contribution in [0.4, 0.5) is 0 Å². The number of aromatic amines is 1. The number of carbonyl (C=O) groups is 1. The molecule has 2 aromatic heterocycles. The molecule has 0 aliphatic carbocycles. The van der Waals surface area contributed by atoms with E-state index in [1.54, 1.807) is 12.0 Å². The number of likely N-dealkylation sites (tertiary alicyclic amines) is 1. The molecular weight excluding hydrogens is 354 g/mol. The molecule has 1 fully saturated rings. The highest BCUT2D eigenvalue weighted by Gasteiger charge is 2.33. The van der Waals surface area contributed by atoms with E-state index in [1.807, 2.05) is 60.7 Å². The summed E-state index contributed by atoms with van der Waals surface area (Å²) in [4.78, 5) is 22.2. The van der Waals surface area contributed by atoms with Gasteiger partial charge in [-0.2, -0.15) is 0 Å². The SMILES string of the molecule is COc1ccc2cc(C(=O)N3CC(Oc4ccc5ccccc5n4)C3)[nH]c2c1. The van der Waals surface area contributed by atoms with Gasteiger partial charge in [0.25, 0.3) is 5.91 Å². The Kier molecular flexibility index (Phi) is 3.90. The Bertz CT molecular complexity index is 1180. The molecule has 0 spiro atoms. The van der Waals surface area contributed by atoms with E-state index in [0.29, 0.717) is 24.7 Å². The van der Waals surface area contributed by atoms with Crippen molar-refractivity contribution >= 4 is 27.7 Å². The number of benzene rings is 2. The first kappa shape index (κ1) is 16.6. The molecule has 6 heteroatoms. The molecule has 0 atom stereocenters. The van der Waals surface area contributed by atoms with Crippen LogP contribution in [-0.4, -0.2) is 47.1 Å². The third kappa shape index (κ3) is 2.93. The normalized spacial score (nSPS) is 14.2. The lowest BCUT2D eigenvalue weighted by molar-refractivity contribution is 0.0158. The quantitative estimate of drug-likeness (QED) is 0.593.